The van der Waals surface area contributed by atoms with Gasteiger partial charge >= 0.3 is 5.97 Å². The van der Waals surface area contributed by atoms with Crippen LogP contribution in [0.3, 0.4) is 0 Å². The maximum atomic E-state index is 13.2. The van der Waals surface area contributed by atoms with E-state index in [1.165, 1.54) is 12.0 Å². The monoisotopic (exact) mass is 365 g/mol. The Morgan fingerprint density at radius 2 is 1.46 bits per heavy atom. The van der Waals surface area contributed by atoms with Gasteiger partial charge in [0.2, 0.25) is 0 Å². The number of hydrogen-bond donors (Lipinski definition) is 0. The summed E-state index contributed by atoms with van der Waals surface area (Å²) in [5, 5.41) is 0.558. The Morgan fingerprint density at radius 1 is 0.846 bits per heavy atom. The fraction of sp³-hybridized carbons (Fsp3) is 0.0476. The standard InChI is InChI=1S/C21H16ClNO3/c1-26-21(25)18-9-5-6-10-19(18)23(17-13-11-16(22)12-14-17)20(24)15-7-3-2-4-8-15/h2-14H,1H3. The number of hydrogen-bond acceptors (Lipinski definition) is 3. The largest absolute Gasteiger partial charge is 0.465 e. The van der Waals surface area contributed by atoms with Crippen molar-refractivity contribution < 1.29 is 14.3 Å². The number of esters is 1. The third kappa shape index (κ3) is 3.60. The molecule has 0 unspecified atom stereocenters. The van der Waals surface area contributed by atoms with Crippen LogP contribution in [-0.2, 0) is 4.74 Å². The number of rotatable bonds is 4. The van der Waals surface area contributed by atoms with Crippen molar-refractivity contribution in [1.82, 2.24) is 0 Å². The first kappa shape index (κ1) is 17.7. The molecule has 0 heterocycles. The molecule has 0 aliphatic carbocycles. The molecule has 0 N–H and O–H groups in total. The van der Waals surface area contributed by atoms with Crippen molar-refractivity contribution >= 4 is 34.9 Å². The average molecular weight is 366 g/mol. The Labute approximate surface area is 156 Å². The molecule has 3 rings (SSSR count). The minimum atomic E-state index is -0.513. The molecule has 0 atom stereocenters. The predicted molar refractivity (Wildman–Crippen MR) is 102 cm³/mol. The minimum Gasteiger partial charge on any atom is -0.465 e. The van der Waals surface area contributed by atoms with E-state index in [4.69, 9.17) is 16.3 Å². The first-order chi connectivity index (χ1) is 12.6. The molecule has 0 saturated carbocycles. The van der Waals surface area contributed by atoms with E-state index in [0.29, 0.717) is 27.5 Å². The van der Waals surface area contributed by atoms with Crippen LogP contribution in [0.2, 0.25) is 5.02 Å². The number of methoxy groups -OCH3 is 1. The number of amides is 1. The van der Waals surface area contributed by atoms with E-state index < -0.39 is 5.97 Å². The van der Waals surface area contributed by atoms with Crippen LogP contribution in [0.4, 0.5) is 11.4 Å². The van der Waals surface area contributed by atoms with E-state index in [9.17, 15) is 9.59 Å². The van der Waals surface area contributed by atoms with Crippen LogP contribution < -0.4 is 4.90 Å². The van der Waals surface area contributed by atoms with Crippen molar-refractivity contribution in [3.63, 3.8) is 0 Å². The second kappa shape index (κ2) is 7.85. The highest BCUT2D eigenvalue weighted by Crippen LogP contribution is 2.31. The maximum absolute atomic E-state index is 13.2. The number of halogens is 1. The quantitative estimate of drug-likeness (QED) is 0.604. The number of anilines is 2. The summed E-state index contributed by atoms with van der Waals surface area (Å²) in [5.74, 6) is -0.773. The molecular formula is C21H16ClNO3. The van der Waals surface area contributed by atoms with E-state index in [2.05, 4.69) is 0 Å². The van der Waals surface area contributed by atoms with Crippen LogP contribution in [0.1, 0.15) is 20.7 Å². The van der Waals surface area contributed by atoms with Crippen LogP contribution >= 0.6 is 11.6 Å². The van der Waals surface area contributed by atoms with Crippen molar-refractivity contribution in [1.29, 1.82) is 0 Å². The number of para-hydroxylation sites is 1. The molecule has 0 aliphatic rings. The van der Waals surface area contributed by atoms with E-state index >= 15 is 0 Å². The zero-order valence-corrected chi connectivity index (χ0v) is 14.8. The van der Waals surface area contributed by atoms with Gasteiger partial charge < -0.3 is 4.74 Å². The minimum absolute atomic E-state index is 0.260. The molecule has 0 fully saturated rings. The lowest BCUT2D eigenvalue weighted by Crippen LogP contribution is -2.27. The molecule has 26 heavy (non-hydrogen) atoms. The Morgan fingerprint density at radius 3 is 2.12 bits per heavy atom. The fourth-order valence-corrected chi connectivity index (χ4v) is 2.74. The summed E-state index contributed by atoms with van der Waals surface area (Å²) >= 11 is 5.99. The second-order valence-electron chi connectivity index (χ2n) is 5.49. The van der Waals surface area contributed by atoms with Crippen molar-refractivity contribution in [2.24, 2.45) is 0 Å². The summed E-state index contributed by atoms with van der Waals surface area (Å²) in [7, 11) is 1.31. The summed E-state index contributed by atoms with van der Waals surface area (Å²) in [6.07, 6.45) is 0. The van der Waals surface area contributed by atoms with Crippen molar-refractivity contribution in [2.75, 3.05) is 12.0 Å². The van der Waals surface area contributed by atoms with Gasteiger partial charge in [-0.2, -0.15) is 0 Å². The SMILES string of the molecule is COC(=O)c1ccccc1N(C(=O)c1ccccc1)c1ccc(Cl)cc1. The van der Waals surface area contributed by atoms with Gasteiger partial charge in [-0.3, -0.25) is 9.69 Å². The highest BCUT2D eigenvalue weighted by atomic mass is 35.5. The van der Waals surface area contributed by atoms with Crippen LogP contribution in [0, 0.1) is 0 Å². The second-order valence-corrected chi connectivity index (χ2v) is 5.93. The molecule has 0 aromatic heterocycles. The molecule has 5 heteroatoms. The maximum Gasteiger partial charge on any atom is 0.339 e. The molecule has 0 bridgehead atoms. The number of nitrogens with zero attached hydrogens (tertiary/aromatic N) is 1. The van der Waals surface area contributed by atoms with Gasteiger partial charge in [-0.15, -0.1) is 0 Å². The topological polar surface area (TPSA) is 46.6 Å². The van der Waals surface area contributed by atoms with Crippen LogP contribution in [0.15, 0.2) is 78.9 Å². The lowest BCUT2D eigenvalue weighted by molar-refractivity contribution is 0.0601. The lowest BCUT2D eigenvalue weighted by atomic mass is 10.1. The summed E-state index contributed by atoms with van der Waals surface area (Å²) < 4.78 is 4.87. The number of carbonyl (C=O) groups excluding carboxylic acids is 2. The predicted octanol–water partition coefficient (Wildman–Crippen LogP) is 5.11. The van der Waals surface area contributed by atoms with Crippen molar-refractivity contribution in [3.8, 4) is 0 Å². The molecule has 1 amide bonds. The number of ether oxygens (including phenoxy) is 1. The Bertz CT molecular complexity index is 924. The number of carbonyl (C=O) groups is 2. The van der Waals surface area contributed by atoms with Gasteiger partial charge in [-0.25, -0.2) is 4.79 Å². The van der Waals surface area contributed by atoms with E-state index in [1.54, 1.807) is 72.8 Å². The molecule has 3 aromatic rings. The normalized spacial score (nSPS) is 10.2. The van der Waals surface area contributed by atoms with E-state index in [-0.39, 0.29) is 5.91 Å². The molecule has 0 spiro atoms. The average Bonchev–Trinajstić information content (AvgIpc) is 2.70. The zero-order valence-electron chi connectivity index (χ0n) is 14.1. The van der Waals surface area contributed by atoms with Gasteiger partial charge in [0.1, 0.15) is 0 Å². The van der Waals surface area contributed by atoms with Gasteiger partial charge in [-0.05, 0) is 48.5 Å². The van der Waals surface area contributed by atoms with Crippen LogP contribution in [0.5, 0.6) is 0 Å². The van der Waals surface area contributed by atoms with Crippen LogP contribution in [-0.4, -0.2) is 19.0 Å². The lowest BCUT2D eigenvalue weighted by Gasteiger charge is -2.25. The molecule has 4 nitrogen and oxygen atoms in total. The van der Waals surface area contributed by atoms with Crippen molar-refractivity contribution in [3.05, 3.63) is 95.0 Å². The van der Waals surface area contributed by atoms with Gasteiger partial charge in [-0.1, -0.05) is 41.9 Å². The van der Waals surface area contributed by atoms with E-state index in [1.807, 2.05) is 6.07 Å². The molecule has 130 valence electrons. The first-order valence-corrected chi connectivity index (χ1v) is 8.32. The summed E-state index contributed by atoms with van der Waals surface area (Å²) in [6.45, 7) is 0. The van der Waals surface area contributed by atoms with Gasteiger partial charge in [0, 0.05) is 16.3 Å². The van der Waals surface area contributed by atoms with Gasteiger partial charge in [0.15, 0.2) is 0 Å². The molecule has 0 aliphatic heterocycles. The third-order valence-electron chi connectivity index (χ3n) is 3.86. The Hall–Kier alpha value is -3.11. The molecular weight excluding hydrogens is 350 g/mol. The highest BCUT2D eigenvalue weighted by molar-refractivity contribution is 6.30. The van der Waals surface area contributed by atoms with Crippen molar-refractivity contribution in [2.45, 2.75) is 0 Å². The number of benzene rings is 3. The first-order valence-electron chi connectivity index (χ1n) is 7.94. The smallest absolute Gasteiger partial charge is 0.339 e. The van der Waals surface area contributed by atoms with Crippen LogP contribution in [0.25, 0.3) is 0 Å². The fourth-order valence-electron chi connectivity index (χ4n) is 2.62. The highest BCUT2D eigenvalue weighted by Gasteiger charge is 2.24. The molecule has 3 aromatic carbocycles. The zero-order chi connectivity index (χ0) is 18.5. The summed E-state index contributed by atoms with van der Waals surface area (Å²) in [6, 6.07) is 22.6. The Kier molecular flexibility index (Phi) is 5.34. The third-order valence-corrected chi connectivity index (χ3v) is 4.11. The summed E-state index contributed by atoms with van der Waals surface area (Å²) in [4.78, 5) is 26.9. The Balaban J connectivity index is 2.18. The van der Waals surface area contributed by atoms with E-state index in [0.717, 1.165) is 0 Å². The van der Waals surface area contributed by atoms with Gasteiger partial charge in [0.25, 0.3) is 5.91 Å². The molecule has 0 radical (unpaired) electrons. The van der Waals surface area contributed by atoms with Gasteiger partial charge in [0.05, 0.1) is 18.4 Å². The molecule has 0 saturated heterocycles. The summed E-state index contributed by atoms with van der Waals surface area (Å²) in [5.41, 5.74) is 1.84.